The van der Waals surface area contributed by atoms with Crippen LogP contribution in [0.5, 0.6) is 0 Å². The van der Waals surface area contributed by atoms with E-state index in [1.54, 1.807) is 24.0 Å². The van der Waals surface area contributed by atoms with Crippen molar-refractivity contribution < 1.29 is 14.0 Å². The Bertz CT molecular complexity index is 516. The van der Waals surface area contributed by atoms with Gasteiger partial charge in [-0.25, -0.2) is 4.39 Å². The summed E-state index contributed by atoms with van der Waals surface area (Å²) in [6.45, 7) is 4.83. The molecule has 1 heterocycles. The summed E-state index contributed by atoms with van der Waals surface area (Å²) in [6, 6.07) is 5.55. The minimum absolute atomic E-state index is 0.0614. The number of carbonyl (C=O) groups is 2. The van der Waals surface area contributed by atoms with Crippen molar-refractivity contribution in [2.24, 2.45) is 0 Å². The Kier molecular flexibility index (Phi) is 4.94. The Morgan fingerprint density at radius 2 is 2.10 bits per heavy atom. The molecule has 2 rings (SSSR count). The van der Waals surface area contributed by atoms with E-state index in [2.05, 4.69) is 5.32 Å². The molecule has 2 amide bonds. The molecule has 1 N–H and O–H groups in total. The van der Waals surface area contributed by atoms with Gasteiger partial charge in [-0.3, -0.25) is 9.59 Å². The van der Waals surface area contributed by atoms with E-state index in [1.807, 2.05) is 6.92 Å². The summed E-state index contributed by atoms with van der Waals surface area (Å²) in [5, 5.41) is 2.80. The maximum atomic E-state index is 13.0. The zero-order valence-corrected chi connectivity index (χ0v) is 12.4. The van der Waals surface area contributed by atoms with Gasteiger partial charge < -0.3 is 10.2 Å². The first-order valence-electron chi connectivity index (χ1n) is 7.38. The van der Waals surface area contributed by atoms with Gasteiger partial charge in [0.1, 0.15) is 11.9 Å². The fourth-order valence-corrected chi connectivity index (χ4v) is 2.69. The first-order chi connectivity index (χ1) is 10.0. The summed E-state index contributed by atoms with van der Waals surface area (Å²) in [6.07, 6.45) is 1.37. The third-order valence-corrected chi connectivity index (χ3v) is 3.98. The molecule has 0 aliphatic carbocycles. The van der Waals surface area contributed by atoms with Crippen molar-refractivity contribution in [3.8, 4) is 0 Å². The number of halogens is 1. The quantitative estimate of drug-likeness (QED) is 0.927. The van der Waals surface area contributed by atoms with Crippen LogP contribution in [-0.2, 0) is 9.59 Å². The Morgan fingerprint density at radius 3 is 2.71 bits per heavy atom. The van der Waals surface area contributed by atoms with Gasteiger partial charge in [0.2, 0.25) is 11.8 Å². The van der Waals surface area contributed by atoms with Crippen molar-refractivity contribution in [3.63, 3.8) is 0 Å². The average Bonchev–Trinajstić information content (AvgIpc) is 2.64. The van der Waals surface area contributed by atoms with E-state index in [0.717, 1.165) is 12.0 Å². The molecule has 4 nitrogen and oxygen atoms in total. The van der Waals surface area contributed by atoms with E-state index in [0.29, 0.717) is 19.5 Å². The number of nitrogens with zero attached hydrogens (tertiary/aromatic N) is 1. The minimum atomic E-state index is -0.463. The predicted octanol–water partition coefficient (Wildman–Crippen LogP) is 2.06. The maximum Gasteiger partial charge on any atom is 0.242 e. The molecule has 1 aromatic carbocycles. The Labute approximate surface area is 124 Å². The molecule has 21 heavy (non-hydrogen) atoms. The summed E-state index contributed by atoms with van der Waals surface area (Å²) >= 11 is 0. The van der Waals surface area contributed by atoms with Gasteiger partial charge >= 0.3 is 0 Å². The van der Waals surface area contributed by atoms with Crippen LogP contribution in [0.4, 0.5) is 4.39 Å². The number of amides is 2. The number of rotatable bonds is 3. The van der Waals surface area contributed by atoms with Crippen LogP contribution >= 0.6 is 0 Å². The van der Waals surface area contributed by atoms with E-state index in [1.165, 1.54) is 12.1 Å². The van der Waals surface area contributed by atoms with Gasteiger partial charge in [0.25, 0.3) is 0 Å². The number of benzene rings is 1. The van der Waals surface area contributed by atoms with E-state index >= 15 is 0 Å². The standard InChI is InChI=1S/C16H21FN2O2/c1-3-14(12-5-7-13(17)8-6-12)16(21)19-10-4-9-18-15(20)11(19)2/h5-8,11,14H,3-4,9-10H2,1-2H3,(H,18,20). The highest BCUT2D eigenvalue weighted by atomic mass is 19.1. The molecule has 1 saturated heterocycles. The molecule has 1 aliphatic rings. The van der Waals surface area contributed by atoms with Crippen LogP contribution in [0.15, 0.2) is 24.3 Å². The molecule has 2 atom stereocenters. The summed E-state index contributed by atoms with van der Waals surface area (Å²) in [5.41, 5.74) is 0.792. The maximum absolute atomic E-state index is 13.0. The van der Waals surface area contributed by atoms with Crippen LogP contribution in [0, 0.1) is 5.82 Å². The highest BCUT2D eigenvalue weighted by Crippen LogP contribution is 2.24. The molecule has 0 spiro atoms. The molecule has 5 heteroatoms. The third kappa shape index (κ3) is 3.40. The van der Waals surface area contributed by atoms with Crippen molar-refractivity contribution in [2.75, 3.05) is 13.1 Å². The van der Waals surface area contributed by atoms with E-state index < -0.39 is 6.04 Å². The molecule has 0 radical (unpaired) electrons. The van der Waals surface area contributed by atoms with E-state index in [-0.39, 0.29) is 23.5 Å². The lowest BCUT2D eigenvalue weighted by Gasteiger charge is -2.29. The largest absolute Gasteiger partial charge is 0.354 e. The van der Waals surface area contributed by atoms with E-state index in [4.69, 9.17) is 0 Å². The summed E-state index contributed by atoms with van der Waals surface area (Å²) in [7, 11) is 0. The average molecular weight is 292 g/mol. The second-order valence-corrected chi connectivity index (χ2v) is 5.36. The van der Waals surface area contributed by atoms with Gasteiger partial charge in [-0.15, -0.1) is 0 Å². The minimum Gasteiger partial charge on any atom is -0.354 e. The second kappa shape index (κ2) is 6.70. The molecule has 114 valence electrons. The molecule has 0 bridgehead atoms. The van der Waals surface area contributed by atoms with Crippen molar-refractivity contribution in [1.82, 2.24) is 10.2 Å². The van der Waals surface area contributed by atoms with Crippen LogP contribution in [0.3, 0.4) is 0 Å². The molecule has 1 aromatic rings. The Balaban J connectivity index is 2.22. The smallest absolute Gasteiger partial charge is 0.242 e. The second-order valence-electron chi connectivity index (χ2n) is 5.36. The van der Waals surface area contributed by atoms with Crippen molar-refractivity contribution in [2.45, 2.75) is 38.6 Å². The number of nitrogens with one attached hydrogen (secondary N) is 1. The highest BCUT2D eigenvalue weighted by molar-refractivity contribution is 5.90. The zero-order valence-electron chi connectivity index (χ0n) is 12.4. The van der Waals surface area contributed by atoms with Gasteiger partial charge in [0, 0.05) is 13.1 Å². The summed E-state index contributed by atoms with van der Waals surface area (Å²) in [4.78, 5) is 26.3. The van der Waals surface area contributed by atoms with Crippen LogP contribution < -0.4 is 5.32 Å². The molecular weight excluding hydrogens is 271 g/mol. The zero-order chi connectivity index (χ0) is 15.4. The summed E-state index contributed by atoms with van der Waals surface area (Å²) in [5.74, 6) is -0.828. The van der Waals surface area contributed by atoms with Gasteiger partial charge in [0.05, 0.1) is 5.92 Å². The highest BCUT2D eigenvalue weighted by Gasteiger charge is 2.32. The lowest BCUT2D eigenvalue weighted by Crippen LogP contribution is -2.47. The summed E-state index contributed by atoms with van der Waals surface area (Å²) < 4.78 is 13.0. The molecule has 2 unspecified atom stereocenters. The molecule has 1 aliphatic heterocycles. The predicted molar refractivity (Wildman–Crippen MR) is 78.2 cm³/mol. The first-order valence-corrected chi connectivity index (χ1v) is 7.38. The SMILES string of the molecule is CCC(C(=O)N1CCCNC(=O)C1C)c1ccc(F)cc1. The third-order valence-electron chi connectivity index (χ3n) is 3.98. The number of hydrogen-bond acceptors (Lipinski definition) is 2. The topological polar surface area (TPSA) is 49.4 Å². The molecular formula is C16H21FN2O2. The fourth-order valence-electron chi connectivity index (χ4n) is 2.69. The van der Waals surface area contributed by atoms with E-state index in [9.17, 15) is 14.0 Å². The van der Waals surface area contributed by atoms with Gasteiger partial charge in [-0.1, -0.05) is 19.1 Å². The molecule has 1 fully saturated rings. The Hall–Kier alpha value is -1.91. The number of hydrogen-bond donors (Lipinski definition) is 1. The van der Waals surface area contributed by atoms with Crippen LogP contribution in [0.1, 0.15) is 38.2 Å². The van der Waals surface area contributed by atoms with Crippen molar-refractivity contribution in [1.29, 1.82) is 0 Å². The van der Waals surface area contributed by atoms with Gasteiger partial charge in [-0.05, 0) is 37.5 Å². The van der Waals surface area contributed by atoms with Crippen LogP contribution in [-0.4, -0.2) is 35.8 Å². The van der Waals surface area contributed by atoms with Gasteiger partial charge in [-0.2, -0.15) is 0 Å². The first kappa shape index (κ1) is 15.5. The lowest BCUT2D eigenvalue weighted by molar-refractivity contribution is -0.140. The number of carbonyl (C=O) groups excluding carboxylic acids is 2. The van der Waals surface area contributed by atoms with Crippen LogP contribution in [0.25, 0.3) is 0 Å². The molecule has 0 saturated carbocycles. The van der Waals surface area contributed by atoms with Crippen molar-refractivity contribution in [3.05, 3.63) is 35.6 Å². The van der Waals surface area contributed by atoms with Gasteiger partial charge in [0.15, 0.2) is 0 Å². The monoisotopic (exact) mass is 292 g/mol. The van der Waals surface area contributed by atoms with Crippen LogP contribution in [0.2, 0.25) is 0 Å². The lowest BCUT2D eigenvalue weighted by atomic mass is 9.94. The Morgan fingerprint density at radius 1 is 1.43 bits per heavy atom. The molecule has 0 aromatic heterocycles. The normalized spacial score (nSPS) is 20.6. The van der Waals surface area contributed by atoms with Crippen molar-refractivity contribution >= 4 is 11.8 Å². The fraction of sp³-hybridized carbons (Fsp3) is 0.500.